The van der Waals surface area contributed by atoms with Crippen LogP contribution in [-0.4, -0.2) is 149 Å². The highest BCUT2D eigenvalue weighted by molar-refractivity contribution is 5.77. The van der Waals surface area contributed by atoms with E-state index in [0.717, 1.165) is 0 Å². The molecule has 0 fully saturated rings. The van der Waals surface area contributed by atoms with Gasteiger partial charge < -0.3 is 46.6 Å². The average molecular weight is 642 g/mol. The Kier molecular flexibility index (Phi) is 26.9. The molecule has 45 heavy (non-hydrogen) atoms. The molecule has 5 amide bonds. The van der Waals surface area contributed by atoms with Crippen LogP contribution in [0.15, 0.2) is 0 Å². The second-order valence-electron chi connectivity index (χ2n) is 10.8. The van der Waals surface area contributed by atoms with Crippen LogP contribution >= 0.6 is 0 Å². The van der Waals surface area contributed by atoms with Crippen LogP contribution in [0.4, 0.5) is 0 Å². The van der Waals surface area contributed by atoms with E-state index in [4.69, 9.17) is 0 Å². The van der Waals surface area contributed by atoms with Gasteiger partial charge in [-0.05, 0) is 34.6 Å². The van der Waals surface area contributed by atoms with Gasteiger partial charge in [-0.1, -0.05) is 0 Å². The Bertz CT molecular complexity index is 809. The smallest absolute Gasteiger partial charge is 0.221 e. The minimum atomic E-state index is -0.0176. The lowest BCUT2D eigenvalue weighted by molar-refractivity contribution is -0.122. The highest BCUT2D eigenvalue weighted by atomic mass is 16.2. The third kappa shape index (κ3) is 25.1. The van der Waals surface area contributed by atoms with Gasteiger partial charge in [0.2, 0.25) is 29.5 Å². The second-order valence-corrected chi connectivity index (χ2v) is 10.8. The molecule has 0 heterocycles. The molecule has 0 atom stereocenters. The predicted octanol–water partition coefficient (Wildman–Crippen LogP) is -0.887. The molecule has 0 bridgehead atoms. The zero-order chi connectivity index (χ0) is 33.7. The van der Waals surface area contributed by atoms with Crippen molar-refractivity contribution in [2.45, 2.75) is 66.7 Å². The van der Waals surface area contributed by atoms with Crippen LogP contribution in [0.5, 0.6) is 0 Å². The van der Waals surface area contributed by atoms with Crippen molar-refractivity contribution in [1.29, 1.82) is 0 Å². The highest BCUT2D eigenvalue weighted by Gasteiger charge is 2.16. The number of amides is 5. The number of hydrogen-bond acceptors (Lipinski definition) is 9. The summed E-state index contributed by atoms with van der Waals surface area (Å²) < 4.78 is 0. The summed E-state index contributed by atoms with van der Waals surface area (Å²) in [7, 11) is 0. The summed E-state index contributed by atoms with van der Waals surface area (Å²) >= 11 is 0. The maximum Gasteiger partial charge on any atom is 0.221 e. The molecule has 14 nitrogen and oxygen atoms in total. The number of carbonyl (C=O) groups excluding carboxylic acids is 5. The van der Waals surface area contributed by atoms with Crippen LogP contribution in [0.25, 0.3) is 0 Å². The number of hydrogen-bond donors (Lipinski definition) is 6. The largest absolute Gasteiger partial charge is 0.356 e. The van der Waals surface area contributed by atoms with E-state index in [9.17, 15) is 24.0 Å². The topological polar surface area (TPSA) is 167 Å². The first kappa shape index (κ1) is 42.2. The monoisotopic (exact) mass is 641 g/mol. The summed E-state index contributed by atoms with van der Waals surface area (Å²) in [5.41, 5.74) is 0. The Morgan fingerprint density at radius 3 is 0.933 bits per heavy atom. The van der Waals surface area contributed by atoms with E-state index in [1.165, 1.54) is 0 Å². The first-order chi connectivity index (χ1) is 21.7. The molecular formula is C31H63N9O5. The number of nitrogens with zero attached hydrogens (tertiary/aromatic N) is 3. The summed E-state index contributed by atoms with van der Waals surface area (Å²) in [5, 5.41) is 17.5. The predicted molar refractivity (Wildman–Crippen MR) is 179 cm³/mol. The fourth-order valence-corrected chi connectivity index (χ4v) is 4.60. The Morgan fingerprint density at radius 1 is 0.356 bits per heavy atom. The Morgan fingerprint density at radius 2 is 0.622 bits per heavy atom. The summed E-state index contributed by atoms with van der Waals surface area (Å²) in [5.74, 6) is -0.00957. The fraction of sp³-hybridized carbons (Fsp3) is 0.839. The van der Waals surface area contributed by atoms with E-state index < -0.39 is 0 Å². The molecule has 14 heteroatoms. The van der Waals surface area contributed by atoms with Gasteiger partial charge in [-0.2, -0.15) is 0 Å². The van der Waals surface area contributed by atoms with Gasteiger partial charge in [0.05, 0.1) is 0 Å². The quantitative estimate of drug-likeness (QED) is 0.0568. The molecule has 0 saturated heterocycles. The lowest BCUT2D eigenvalue weighted by Gasteiger charge is -2.30. The molecular weight excluding hydrogens is 578 g/mol. The Hall–Kier alpha value is -2.81. The minimum Gasteiger partial charge on any atom is -0.356 e. The molecule has 0 radical (unpaired) electrons. The minimum absolute atomic E-state index is 0.00349. The van der Waals surface area contributed by atoms with Crippen LogP contribution < -0.4 is 31.9 Å². The van der Waals surface area contributed by atoms with Crippen molar-refractivity contribution in [3.8, 4) is 0 Å². The molecule has 0 aromatic rings. The zero-order valence-corrected chi connectivity index (χ0v) is 28.7. The summed E-state index contributed by atoms with van der Waals surface area (Å²) in [6, 6.07) is 0. The van der Waals surface area contributed by atoms with E-state index in [-0.39, 0.29) is 29.5 Å². The molecule has 0 spiro atoms. The van der Waals surface area contributed by atoms with E-state index in [1.54, 1.807) is 0 Å². The Balaban J connectivity index is 5.39. The van der Waals surface area contributed by atoms with Crippen molar-refractivity contribution in [3.63, 3.8) is 0 Å². The van der Waals surface area contributed by atoms with E-state index in [2.05, 4.69) is 46.6 Å². The maximum atomic E-state index is 12.3. The maximum absolute atomic E-state index is 12.3. The van der Waals surface area contributed by atoms with Gasteiger partial charge in [0.15, 0.2) is 0 Å². The molecule has 0 saturated carbocycles. The molecule has 0 aromatic heterocycles. The summed E-state index contributed by atoms with van der Waals surface area (Å²) in [6.07, 6.45) is 1.87. The van der Waals surface area contributed by atoms with Crippen molar-refractivity contribution < 1.29 is 24.0 Å². The van der Waals surface area contributed by atoms with E-state index in [0.29, 0.717) is 137 Å². The van der Waals surface area contributed by atoms with Crippen molar-refractivity contribution >= 4 is 29.5 Å². The van der Waals surface area contributed by atoms with Crippen molar-refractivity contribution in [3.05, 3.63) is 0 Å². The van der Waals surface area contributed by atoms with Gasteiger partial charge >= 0.3 is 0 Å². The van der Waals surface area contributed by atoms with E-state index >= 15 is 0 Å². The normalized spacial score (nSPS) is 11.1. The SMILES string of the molecule is CCNC(=O)CCNCCN(CCC(=O)NCC)CCN(CCC(=O)NCC)CCN(CCC(=O)NCC)CCC(=O)NCC. The number of nitrogens with one attached hydrogen (secondary N) is 6. The molecule has 0 aromatic carbocycles. The zero-order valence-electron chi connectivity index (χ0n) is 28.7. The van der Waals surface area contributed by atoms with Gasteiger partial charge in [-0.25, -0.2) is 0 Å². The number of carbonyl (C=O) groups is 5. The van der Waals surface area contributed by atoms with Crippen LogP contribution in [0.1, 0.15) is 66.7 Å². The van der Waals surface area contributed by atoms with Gasteiger partial charge in [0.1, 0.15) is 0 Å². The third-order valence-electron chi connectivity index (χ3n) is 7.09. The molecule has 0 aliphatic carbocycles. The van der Waals surface area contributed by atoms with E-state index in [1.807, 2.05) is 34.6 Å². The first-order valence-electron chi connectivity index (χ1n) is 16.9. The lowest BCUT2D eigenvalue weighted by Crippen LogP contribution is -2.44. The fourth-order valence-electron chi connectivity index (χ4n) is 4.60. The standard InChI is InChI=1S/C31H63N9O5/c1-6-33-27(41)11-16-32-17-22-39(20-14-30(44)36-9-4)24-26-40(21-15-31(45)37-10-5)25-23-38(18-12-28(42)34-7-2)19-13-29(43)35-8-3/h32H,6-26H2,1-5H3,(H,33,41)(H,34,42)(H,35,43)(H,36,44)(H,37,45). The molecule has 0 rings (SSSR count). The van der Waals surface area contributed by atoms with Crippen molar-refractivity contribution in [1.82, 2.24) is 46.6 Å². The van der Waals surface area contributed by atoms with Gasteiger partial charge in [-0.3, -0.25) is 24.0 Å². The summed E-state index contributed by atoms with van der Waals surface area (Å²) in [4.78, 5) is 67.2. The Labute approximate surface area is 271 Å². The first-order valence-corrected chi connectivity index (χ1v) is 16.9. The van der Waals surface area contributed by atoms with Crippen LogP contribution in [0, 0.1) is 0 Å². The molecule has 262 valence electrons. The van der Waals surface area contributed by atoms with Gasteiger partial charge in [0, 0.05) is 137 Å². The van der Waals surface area contributed by atoms with Crippen LogP contribution in [-0.2, 0) is 24.0 Å². The molecule has 6 N–H and O–H groups in total. The van der Waals surface area contributed by atoms with Crippen LogP contribution in [0.2, 0.25) is 0 Å². The summed E-state index contributed by atoms with van der Waals surface area (Å²) in [6.45, 7) is 19.3. The molecule has 0 aliphatic heterocycles. The average Bonchev–Trinajstić information content (AvgIpc) is 3.00. The van der Waals surface area contributed by atoms with Crippen molar-refractivity contribution in [2.24, 2.45) is 0 Å². The second kappa shape index (κ2) is 28.6. The highest BCUT2D eigenvalue weighted by Crippen LogP contribution is 2.02. The van der Waals surface area contributed by atoms with Gasteiger partial charge in [-0.15, -0.1) is 0 Å². The lowest BCUT2D eigenvalue weighted by atomic mass is 10.2. The third-order valence-corrected chi connectivity index (χ3v) is 7.09. The molecule has 0 aliphatic rings. The van der Waals surface area contributed by atoms with Crippen molar-refractivity contribution in [2.75, 3.05) is 105 Å². The number of rotatable bonds is 29. The molecule has 0 unspecified atom stereocenters. The van der Waals surface area contributed by atoms with Gasteiger partial charge in [0.25, 0.3) is 0 Å². The van der Waals surface area contributed by atoms with Crippen LogP contribution in [0.3, 0.4) is 0 Å².